The molecule has 0 aliphatic carbocycles. The van der Waals surface area contributed by atoms with Crippen LogP contribution in [0.3, 0.4) is 0 Å². The van der Waals surface area contributed by atoms with E-state index in [9.17, 15) is 0 Å². The van der Waals surface area contributed by atoms with Gasteiger partial charge in [0.15, 0.2) is 0 Å². The van der Waals surface area contributed by atoms with Crippen LogP contribution in [0.2, 0.25) is 0 Å². The van der Waals surface area contributed by atoms with Gasteiger partial charge in [0, 0.05) is 47.3 Å². The van der Waals surface area contributed by atoms with Gasteiger partial charge < -0.3 is 0 Å². The van der Waals surface area contributed by atoms with Gasteiger partial charge in [0.2, 0.25) is 5.95 Å². The molecular weight excluding hydrogens is 555 g/mol. The Kier molecular flexibility index (Phi) is 4.87. The molecule has 3 nitrogen and oxygen atoms in total. The van der Waals surface area contributed by atoms with Gasteiger partial charge in [-0.15, -0.1) is 11.3 Å². The summed E-state index contributed by atoms with van der Waals surface area (Å²) in [5, 5.41) is 11.3. The lowest BCUT2D eigenvalue weighted by Crippen LogP contribution is -2.03. The molecule has 44 heavy (non-hydrogen) atoms. The van der Waals surface area contributed by atoms with E-state index in [-0.39, 0.29) is 0 Å². The monoisotopic (exact) mass is 577 g/mol. The first-order valence-electron chi connectivity index (χ1n) is 14.8. The molecule has 3 heterocycles. The lowest BCUT2D eigenvalue weighted by atomic mass is 9.97. The van der Waals surface area contributed by atoms with Crippen molar-refractivity contribution in [3.8, 4) is 17.2 Å². The number of para-hydroxylation sites is 2. The zero-order chi connectivity index (χ0) is 28.8. The molecule has 10 rings (SSSR count). The zero-order valence-electron chi connectivity index (χ0n) is 23.5. The predicted molar refractivity (Wildman–Crippen MR) is 187 cm³/mol. The van der Waals surface area contributed by atoms with Crippen LogP contribution in [0, 0.1) is 0 Å². The van der Waals surface area contributed by atoms with Crippen molar-refractivity contribution in [2.45, 2.75) is 0 Å². The van der Waals surface area contributed by atoms with Crippen molar-refractivity contribution < 1.29 is 0 Å². The Hall–Kier alpha value is -5.58. The van der Waals surface area contributed by atoms with Crippen LogP contribution in [0.15, 0.2) is 140 Å². The summed E-state index contributed by atoms with van der Waals surface area (Å²) in [6, 6.07) is 49.8. The van der Waals surface area contributed by atoms with Crippen LogP contribution in [0.5, 0.6) is 0 Å². The highest BCUT2D eigenvalue weighted by molar-refractivity contribution is 7.26. The fourth-order valence-corrected chi connectivity index (χ4v) is 8.34. The Balaban J connectivity index is 1.34. The number of nitrogens with zero attached hydrogens (tertiary/aromatic N) is 3. The number of aromatic nitrogens is 3. The minimum atomic E-state index is 0.681. The van der Waals surface area contributed by atoms with Crippen molar-refractivity contribution in [3.05, 3.63) is 140 Å². The molecule has 0 N–H and O–H groups in total. The number of fused-ring (bicyclic) bond motifs is 12. The first kappa shape index (κ1) is 23.9. The van der Waals surface area contributed by atoms with Gasteiger partial charge in [-0.3, -0.25) is 4.57 Å². The van der Waals surface area contributed by atoms with E-state index in [1.807, 2.05) is 23.5 Å². The highest BCUT2D eigenvalue weighted by atomic mass is 32.1. The maximum atomic E-state index is 5.26. The van der Waals surface area contributed by atoms with E-state index in [0.29, 0.717) is 5.95 Å². The summed E-state index contributed by atoms with van der Waals surface area (Å²) < 4.78 is 4.92. The molecule has 10 aromatic rings. The van der Waals surface area contributed by atoms with E-state index in [0.717, 1.165) is 33.2 Å². The summed E-state index contributed by atoms with van der Waals surface area (Å²) in [6.07, 6.45) is 0. The molecule has 0 saturated heterocycles. The second-order valence-electron chi connectivity index (χ2n) is 11.4. The molecule has 3 aromatic heterocycles. The molecular formula is C40H23N3S. The third-order valence-electron chi connectivity index (χ3n) is 9.00. The van der Waals surface area contributed by atoms with Gasteiger partial charge >= 0.3 is 0 Å². The summed E-state index contributed by atoms with van der Waals surface area (Å²) in [6.45, 7) is 0. The molecule has 0 bridgehead atoms. The molecule has 0 aliphatic rings. The van der Waals surface area contributed by atoms with Gasteiger partial charge in [-0.2, -0.15) is 0 Å². The first-order valence-corrected chi connectivity index (χ1v) is 15.7. The molecule has 0 saturated carbocycles. The number of rotatable bonds is 2. The molecule has 0 spiro atoms. The van der Waals surface area contributed by atoms with Gasteiger partial charge in [-0.05, 0) is 40.4 Å². The number of thiophene rings is 1. The van der Waals surface area contributed by atoms with Crippen LogP contribution in [-0.2, 0) is 0 Å². The number of hydrogen-bond acceptors (Lipinski definition) is 3. The Bertz CT molecular complexity index is 2770. The predicted octanol–water partition coefficient (Wildman–Crippen LogP) is 11.1. The topological polar surface area (TPSA) is 30.7 Å². The molecule has 0 amide bonds. The third kappa shape index (κ3) is 3.26. The average Bonchev–Trinajstić information content (AvgIpc) is 3.64. The summed E-state index contributed by atoms with van der Waals surface area (Å²) in [5.74, 6) is 0.681. The first-order chi connectivity index (χ1) is 21.8. The molecule has 204 valence electrons. The second kappa shape index (κ2) is 8.96. The maximum Gasteiger partial charge on any atom is 0.235 e. The van der Waals surface area contributed by atoms with E-state index >= 15 is 0 Å². The fourth-order valence-electron chi connectivity index (χ4n) is 7.07. The van der Waals surface area contributed by atoms with E-state index in [4.69, 9.17) is 9.97 Å². The maximum absolute atomic E-state index is 5.26. The summed E-state index contributed by atoms with van der Waals surface area (Å²) in [4.78, 5) is 10.4. The van der Waals surface area contributed by atoms with Gasteiger partial charge in [0.05, 0.1) is 22.2 Å². The SMILES string of the molecule is c1ccc(-c2nc(-n3c4ccccc4c4c5ccc6ccc7c8ccccc8sc7c6c5ccc43)nc3ccccc23)cc1. The average molecular weight is 578 g/mol. The van der Waals surface area contributed by atoms with Gasteiger partial charge in [0.1, 0.15) is 0 Å². The van der Waals surface area contributed by atoms with Crippen molar-refractivity contribution in [3.63, 3.8) is 0 Å². The molecule has 4 heteroatoms. The second-order valence-corrected chi connectivity index (χ2v) is 12.4. The van der Waals surface area contributed by atoms with Gasteiger partial charge in [0.25, 0.3) is 0 Å². The Morgan fingerprint density at radius 1 is 0.455 bits per heavy atom. The number of hydrogen-bond donors (Lipinski definition) is 0. The molecule has 0 radical (unpaired) electrons. The Morgan fingerprint density at radius 2 is 1.14 bits per heavy atom. The van der Waals surface area contributed by atoms with E-state index in [1.54, 1.807) is 0 Å². The standard InChI is InChI=1S/C40H23N3S/c1-2-10-25(11-3-1)38-30-13-4-7-15-32(30)41-40(42-38)43-33-16-8-5-14-31(33)37-28-20-18-24-19-21-29-26-12-6-9-17-35(26)44-39(29)36(24)27(28)22-23-34(37)43/h1-23H. The van der Waals surface area contributed by atoms with Crippen LogP contribution in [0.1, 0.15) is 0 Å². The molecule has 0 aliphatic heterocycles. The van der Waals surface area contributed by atoms with Gasteiger partial charge in [-0.25, -0.2) is 9.97 Å². The Morgan fingerprint density at radius 3 is 2.02 bits per heavy atom. The van der Waals surface area contributed by atoms with Crippen LogP contribution < -0.4 is 0 Å². The third-order valence-corrected chi connectivity index (χ3v) is 10.2. The molecule has 0 unspecified atom stereocenters. The van der Waals surface area contributed by atoms with Gasteiger partial charge in [-0.1, -0.05) is 115 Å². The highest BCUT2D eigenvalue weighted by Gasteiger charge is 2.20. The highest BCUT2D eigenvalue weighted by Crippen LogP contribution is 2.44. The lowest BCUT2D eigenvalue weighted by Gasteiger charge is -2.12. The smallest absolute Gasteiger partial charge is 0.235 e. The fraction of sp³-hybridized carbons (Fsp3) is 0. The minimum Gasteiger partial charge on any atom is -0.278 e. The quantitative estimate of drug-likeness (QED) is 0.191. The molecule has 0 fully saturated rings. The lowest BCUT2D eigenvalue weighted by molar-refractivity contribution is 1.01. The van der Waals surface area contributed by atoms with Crippen LogP contribution >= 0.6 is 11.3 Å². The van der Waals surface area contributed by atoms with Crippen molar-refractivity contribution in [1.29, 1.82) is 0 Å². The molecule has 0 atom stereocenters. The number of benzene rings is 7. The summed E-state index contributed by atoms with van der Waals surface area (Å²) >= 11 is 1.89. The van der Waals surface area contributed by atoms with Crippen LogP contribution in [0.4, 0.5) is 0 Å². The van der Waals surface area contributed by atoms with Crippen LogP contribution in [-0.4, -0.2) is 14.5 Å². The van der Waals surface area contributed by atoms with Crippen molar-refractivity contribution in [2.24, 2.45) is 0 Å². The largest absolute Gasteiger partial charge is 0.278 e. The summed E-state index contributed by atoms with van der Waals surface area (Å²) in [5.41, 5.74) is 5.16. The Labute approximate surface area is 256 Å². The van der Waals surface area contributed by atoms with E-state index < -0.39 is 0 Å². The van der Waals surface area contributed by atoms with Crippen LogP contribution in [0.25, 0.3) is 91.6 Å². The van der Waals surface area contributed by atoms with Crippen molar-refractivity contribution >= 4 is 85.8 Å². The summed E-state index contributed by atoms with van der Waals surface area (Å²) in [7, 11) is 0. The minimum absolute atomic E-state index is 0.681. The van der Waals surface area contributed by atoms with E-state index in [1.165, 1.54) is 52.5 Å². The normalized spacial score (nSPS) is 12.1. The van der Waals surface area contributed by atoms with Crippen molar-refractivity contribution in [2.75, 3.05) is 0 Å². The van der Waals surface area contributed by atoms with E-state index in [2.05, 4.69) is 132 Å². The van der Waals surface area contributed by atoms with Crippen molar-refractivity contribution in [1.82, 2.24) is 14.5 Å². The molecule has 7 aromatic carbocycles. The zero-order valence-corrected chi connectivity index (χ0v) is 24.3.